The summed E-state index contributed by atoms with van der Waals surface area (Å²) in [7, 11) is 0. The number of pyridine rings is 1. The number of halogens is 3. The van der Waals surface area contributed by atoms with Gasteiger partial charge in [0, 0.05) is 29.7 Å². The topological polar surface area (TPSA) is 88.8 Å². The van der Waals surface area contributed by atoms with E-state index < -0.39 is 23.4 Å². The van der Waals surface area contributed by atoms with Gasteiger partial charge in [-0.15, -0.1) is 0 Å². The first kappa shape index (κ1) is 22.2. The summed E-state index contributed by atoms with van der Waals surface area (Å²) in [6, 6.07) is 14.9. The van der Waals surface area contributed by atoms with Crippen LogP contribution in [0.2, 0.25) is 0 Å². The number of alkyl halides is 3. The Bertz CT molecular complexity index is 1320. The number of Topliss-reactive ketones (excluding diaryl/α,β-unsaturated/α-hetero) is 1. The van der Waals surface area contributed by atoms with E-state index in [1.54, 1.807) is 36.5 Å². The number of benzene rings is 2. The van der Waals surface area contributed by atoms with E-state index in [2.05, 4.69) is 19.6 Å². The number of hydrogen-bond acceptors (Lipinski definition) is 5. The molecule has 0 saturated carbocycles. The van der Waals surface area contributed by atoms with Crippen LogP contribution in [0.3, 0.4) is 0 Å². The molecule has 4 aromatic rings. The number of H-pyrrole nitrogens is 1. The van der Waals surface area contributed by atoms with Gasteiger partial charge in [0.15, 0.2) is 11.6 Å². The number of aryl methyl sites for hydroxylation is 1. The summed E-state index contributed by atoms with van der Waals surface area (Å²) < 4.78 is 43.5. The largest absolute Gasteiger partial charge is 0.439 e. The fraction of sp³-hybridized carbons (Fsp3) is 0.167. The van der Waals surface area contributed by atoms with Gasteiger partial charge in [0.05, 0.1) is 11.3 Å². The molecule has 1 N–H and O–H groups in total. The minimum Gasteiger partial charge on any atom is -0.296 e. The van der Waals surface area contributed by atoms with Crippen LogP contribution in [0.15, 0.2) is 76.2 Å². The van der Waals surface area contributed by atoms with Crippen molar-refractivity contribution >= 4 is 5.78 Å². The van der Waals surface area contributed by atoms with E-state index in [-0.39, 0.29) is 18.0 Å². The first-order chi connectivity index (χ1) is 15.7. The zero-order valence-corrected chi connectivity index (χ0v) is 17.4. The van der Waals surface area contributed by atoms with Gasteiger partial charge < -0.3 is 0 Å². The maximum atomic E-state index is 13.1. The second kappa shape index (κ2) is 8.85. The van der Waals surface area contributed by atoms with Gasteiger partial charge in [0.1, 0.15) is 0 Å². The maximum absolute atomic E-state index is 13.1. The van der Waals surface area contributed by atoms with Crippen LogP contribution < -0.4 is 5.76 Å². The molecule has 2 aromatic carbocycles. The van der Waals surface area contributed by atoms with E-state index in [0.717, 1.165) is 17.7 Å². The highest BCUT2D eigenvalue weighted by atomic mass is 19.4. The predicted molar refractivity (Wildman–Crippen MR) is 114 cm³/mol. The number of carbonyl (C=O) groups is 1. The summed E-state index contributed by atoms with van der Waals surface area (Å²) >= 11 is 0. The van der Waals surface area contributed by atoms with Gasteiger partial charge in [0.2, 0.25) is 0 Å². The minimum atomic E-state index is -4.44. The molecule has 0 amide bonds. The van der Waals surface area contributed by atoms with Gasteiger partial charge >= 0.3 is 11.9 Å². The van der Waals surface area contributed by atoms with Crippen LogP contribution >= 0.6 is 0 Å². The fourth-order valence-corrected chi connectivity index (χ4v) is 3.61. The third kappa shape index (κ3) is 4.92. The summed E-state index contributed by atoms with van der Waals surface area (Å²) in [4.78, 5) is 31.1. The van der Waals surface area contributed by atoms with Crippen LogP contribution in [0.1, 0.15) is 45.1 Å². The summed E-state index contributed by atoms with van der Waals surface area (Å²) in [6.07, 6.45) is -2.83. The summed E-state index contributed by atoms with van der Waals surface area (Å²) in [6.45, 7) is 1.84. The van der Waals surface area contributed by atoms with Crippen molar-refractivity contribution in [3.63, 3.8) is 0 Å². The number of aromatic amines is 1. The summed E-state index contributed by atoms with van der Waals surface area (Å²) in [5.41, 5.74) is 2.25. The zero-order chi connectivity index (χ0) is 23.6. The maximum Gasteiger partial charge on any atom is 0.439 e. The van der Waals surface area contributed by atoms with Crippen molar-refractivity contribution in [1.82, 2.24) is 15.1 Å². The molecule has 1 atom stereocenters. The van der Waals surface area contributed by atoms with Crippen LogP contribution in [-0.4, -0.2) is 20.9 Å². The molecule has 168 valence electrons. The van der Waals surface area contributed by atoms with Crippen molar-refractivity contribution in [2.24, 2.45) is 0 Å². The van der Waals surface area contributed by atoms with Gasteiger partial charge in [-0.2, -0.15) is 13.2 Å². The number of rotatable bonds is 6. The Morgan fingerprint density at radius 2 is 1.76 bits per heavy atom. The smallest absolute Gasteiger partial charge is 0.296 e. The number of hydrogen-bond donors (Lipinski definition) is 1. The van der Waals surface area contributed by atoms with E-state index in [9.17, 15) is 22.8 Å². The van der Waals surface area contributed by atoms with Crippen LogP contribution in [0.4, 0.5) is 13.2 Å². The fourth-order valence-electron chi connectivity index (χ4n) is 3.61. The quantitative estimate of drug-likeness (QED) is 0.408. The first-order valence-electron chi connectivity index (χ1n) is 10.0. The number of carbonyl (C=O) groups excluding carboxylic acids is 1. The van der Waals surface area contributed by atoms with Crippen molar-refractivity contribution in [3.8, 4) is 11.4 Å². The average Bonchev–Trinajstić information content (AvgIpc) is 3.24. The minimum absolute atomic E-state index is 0.0172. The number of aromatic nitrogens is 3. The van der Waals surface area contributed by atoms with Crippen LogP contribution in [0, 0.1) is 6.92 Å². The van der Waals surface area contributed by atoms with Crippen molar-refractivity contribution < 1.29 is 22.5 Å². The molecule has 0 saturated heterocycles. The SMILES string of the molecule is Cc1cccnc1[C@@H](CC(=O)c1ccc(-c2noc(=O)[nH]2)cc1)c1ccc(C(F)(F)F)cc1. The molecule has 0 aliphatic carbocycles. The Morgan fingerprint density at radius 1 is 1.06 bits per heavy atom. The lowest BCUT2D eigenvalue weighted by Crippen LogP contribution is -2.13. The Kier molecular flexibility index (Phi) is 5.95. The van der Waals surface area contributed by atoms with E-state index in [0.29, 0.717) is 22.4 Å². The molecule has 6 nitrogen and oxygen atoms in total. The van der Waals surface area contributed by atoms with Crippen molar-refractivity contribution in [2.45, 2.75) is 25.4 Å². The van der Waals surface area contributed by atoms with E-state index >= 15 is 0 Å². The number of nitrogens with zero attached hydrogens (tertiary/aromatic N) is 2. The third-order valence-corrected chi connectivity index (χ3v) is 5.33. The molecule has 0 radical (unpaired) electrons. The van der Waals surface area contributed by atoms with Crippen molar-refractivity contribution in [3.05, 3.63) is 105 Å². The second-order valence-corrected chi connectivity index (χ2v) is 7.53. The highest BCUT2D eigenvalue weighted by molar-refractivity contribution is 5.97. The molecule has 0 fully saturated rings. The van der Waals surface area contributed by atoms with Gasteiger partial charge in [-0.1, -0.05) is 47.6 Å². The monoisotopic (exact) mass is 453 g/mol. The van der Waals surface area contributed by atoms with Crippen LogP contribution in [0.25, 0.3) is 11.4 Å². The van der Waals surface area contributed by atoms with Gasteiger partial charge in [-0.3, -0.25) is 19.3 Å². The Hall–Kier alpha value is -4.01. The van der Waals surface area contributed by atoms with E-state index in [1.165, 1.54) is 12.1 Å². The first-order valence-corrected chi connectivity index (χ1v) is 10.0. The third-order valence-electron chi connectivity index (χ3n) is 5.33. The molecule has 0 bridgehead atoms. The molecule has 0 unspecified atom stereocenters. The van der Waals surface area contributed by atoms with Gasteiger partial charge in [-0.25, -0.2) is 4.79 Å². The molecule has 0 spiro atoms. The molecule has 0 aliphatic heterocycles. The number of ketones is 1. The highest BCUT2D eigenvalue weighted by Gasteiger charge is 2.31. The van der Waals surface area contributed by atoms with Gasteiger partial charge in [-0.05, 0) is 36.2 Å². The average molecular weight is 453 g/mol. The lowest BCUT2D eigenvalue weighted by atomic mass is 9.86. The molecule has 33 heavy (non-hydrogen) atoms. The summed E-state index contributed by atoms with van der Waals surface area (Å²) in [5.74, 6) is -1.17. The molecular weight excluding hydrogens is 435 g/mol. The molecule has 4 rings (SSSR count). The summed E-state index contributed by atoms with van der Waals surface area (Å²) in [5, 5.41) is 3.61. The Labute approximate surface area is 186 Å². The Balaban J connectivity index is 1.63. The predicted octanol–water partition coefficient (Wildman–Crippen LogP) is 5.16. The van der Waals surface area contributed by atoms with Crippen LogP contribution in [0.5, 0.6) is 0 Å². The van der Waals surface area contributed by atoms with Crippen molar-refractivity contribution in [2.75, 3.05) is 0 Å². The second-order valence-electron chi connectivity index (χ2n) is 7.53. The van der Waals surface area contributed by atoms with Gasteiger partial charge in [0.25, 0.3) is 0 Å². The standard InChI is InChI=1S/C24H18F3N3O3/c1-14-3-2-12-28-21(14)19(15-8-10-18(11-9-15)24(25,26)27)13-20(31)16-4-6-17(7-5-16)22-29-23(32)33-30-22/h2-12,19H,13H2,1H3,(H,29,30,32)/t19-/m0/s1. The molecule has 2 heterocycles. The molecular formula is C24H18F3N3O3. The van der Waals surface area contributed by atoms with Crippen LogP contribution in [-0.2, 0) is 6.18 Å². The number of nitrogens with one attached hydrogen (secondary N) is 1. The lowest BCUT2D eigenvalue weighted by Gasteiger charge is -2.19. The molecule has 9 heteroatoms. The Morgan fingerprint density at radius 3 is 2.33 bits per heavy atom. The van der Waals surface area contributed by atoms with E-state index in [4.69, 9.17) is 0 Å². The highest BCUT2D eigenvalue weighted by Crippen LogP contribution is 2.34. The molecule has 0 aliphatic rings. The van der Waals surface area contributed by atoms with E-state index in [1.807, 2.05) is 13.0 Å². The molecule has 2 aromatic heterocycles. The lowest BCUT2D eigenvalue weighted by molar-refractivity contribution is -0.137. The normalized spacial score (nSPS) is 12.5. The van der Waals surface area contributed by atoms with Crippen molar-refractivity contribution in [1.29, 1.82) is 0 Å². The zero-order valence-electron chi connectivity index (χ0n) is 17.4.